The number of fused-ring (bicyclic) bond motifs is 1. The molecule has 1 aromatic heterocycles. The molecule has 1 aliphatic rings. The Morgan fingerprint density at radius 3 is 3.14 bits per heavy atom. The third-order valence-corrected chi connectivity index (χ3v) is 3.73. The van der Waals surface area contributed by atoms with E-state index in [0.29, 0.717) is 13.2 Å². The molecule has 5 heteroatoms. The van der Waals surface area contributed by atoms with Crippen LogP contribution in [0.15, 0.2) is 30.3 Å². The first-order valence-electron chi connectivity index (χ1n) is 7.10. The maximum atomic E-state index is 8.99. The first kappa shape index (κ1) is 13.8. The number of nitriles is 1. The van der Waals surface area contributed by atoms with Gasteiger partial charge in [0.15, 0.2) is 6.10 Å². The van der Waals surface area contributed by atoms with Crippen LogP contribution in [0.3, 0.4) is 0 Å². The number of nitrogens with one attached hydrogen (secondary N) is 1. The molecule has 0 saturated carbocycles. The Kier molecular flexibility index (Phi) is 4.00. The zero-order chi connectivity index (χ0) is 14.7. The van der Waals surface area contributed by atoms with E-state index < -0.39 is 0 Å². The highest BCUT2D eigenvalue weighted by molar-refractivity contribution is 5.81. The fourth-order valence-electron chi connectivity index (χ4n) is 2.66. The van der Waals surface area contributed by atoms with Crippen LogP contribution < -0.4 is 5.32 Å². The van der Waals surface area contributed by atoms with Crippen LogP contribution in [0, 0.1) is 11.3 Å². The van der Waals surface area contributed by atoms with Crippen molar-refractivity contribution in [2.24, 2.45) is 0 Å². The van der Waals surface area contributed by atoms with Gasteiger partial charge >= 0.3 is 0 Å². The molecule has 1 unspecified atom stereocenters. The van der Waals surface area contributed by atoms with Crippen LogP contribution in [-0.2, 0) is 11.3 Å². The van der Waals surface area contributed by atoms with E-state index in [0.717, 1.165) is 35.4 Å². The summed E-state index contributed by atoms with van der Waals surface area (Å²) in [6.07, 6.45) is -0.329. The monoisotopic (exact) mass is 282 g/mol. The van der Waals surface area contributed by atoms with Gasteiger partial charge in [-0.3, -0.25) is 4.90 Å². The molecular weight excluding hydrogens is 264 g/mol. The van der Waals surface area contributed by atoms with Gasteiger partial charge in [-0.15, -0.1) is 0 Å². The van der Waals surface area contributed by atoms with Crippen LogP contribution in [0.1, 0.15) is 5.56 Å². The number of morpholine rings is 1. The number of benzene rings is 1. The lowest BCUT2D eigenvalue weighted by Gasteiger charge is -2.30. The Morgan fingerprint density at radius 2 is 2.33 bits per heavy atom. The number of anilines is 1. The minimum Gasteiger partial charge on any atom is -0.373 e. The Hall–Kier alpha value is -2.16. The second-order valence-corrected chi connectivity index (χ2v) is 5.16. The fraction of sp³-hybridized carbons (Fsp3) is 0.375. The smallest absolute Gasteiger partial charge is 0.156 e. The van der Waals surface area contributed by atoms with Gasteiger partial charge in [0.05, 0.1) is 18.2 Å². The topological polar surface area (TPSA) is 61.2 Å². The summed E-state index contributed by atoms with van der Waals surface area (Å²) in [4.78, 5) is 6.90. The molecule has 108 valence electrons. The average Bonchev–Trinajstić information content (AvgIpc) is 2.54. The number of ether oxygens (including phenoxy) is 1. The van der Waals surface area contributed by atoms with E-state index in [1.807, 2.05) is 25.2 Å². The molecule has 0 bridgehead atoms. The van der Waals surface area contributed by atoms with Crippen molar-refractivity contribution >= 4 is 16.7 Å². The van der Waals surface area contributed by atoms with Crippen molar-refractivity contribution in [3.05, 3.63) is 35.9 Å². The number of hydrogen-bond donors (Lipinski definition) is 1. The molecule has 1 N–H and O–H groups in total. The van der Waals surface area contributed by atoms with Crippen molar-refractivity contribution in [2.45, 2.75) is 12.6 Å². The van der Waals surface area contributed by atoms with Crippen molar-refractivity contribution in [3.8, 4) is 6.07 Å². The molecule has 5 nitrogen and oxygen atoms in total. The van der Waals surface area contributed by atoms with Gasteiger partial charge in [0.1, 0.15) is 5.82 Å². The minimum absolute atomic E-state index is 0.329. The summed E-state index contributed by atoms with van der Waals surface area (Å²) in [7, 11) is 1.89. The summed E-state index contributed by atoms with van der Waals surface area (Å²) in [5.41, 5.74) is 2.14. The first-order valence-corrected chi connectivity index (χ1v) is 7.10. The molecule has 3 rings (SSSR count). The zero-order valence-corrected chi connectivity index (χ0v) is 12.0. The molecule has 0 aliphatic carbocycles. The highest BCUT2D eigenvalue weighted by atomic mass is 16.5. The van der Waals surface area contributed by atoms with Crippen LogP contribution in [0.5, 0.6) is 0 Å². The summed E-state index contributed by atoms with van der Waals surface area (Å²) in [6, 6.07) is 12.5. The molecule has 0 spiro atoms. The summed E-state index contributed by atoms with van der Waals surface area (Å²) in [6.45, 7) is 2.87. The summed E-state index contributed by atoms with van der Waals surface area (Å²) in [5.74, 6) is 0.897. The van der Waals surface area contributed by atoms with Crippen LogP contribution in [0.2, 0.25) is 0 Å². The van der Waals surface area contributed by atoms with Gasteiger partial charge in [0, 0.05) is 37.6 Å². The van der Waals surface area contributed by atoms with Crippen LogP contribution >= 0.6 is 0 Å². The highest BCUT2D eigenvalue weighted by Gasteiger charge is 2.21. The molecule has 1 aromatic carbocycles. The van der Waals surface area contributed by atoms with Crippen molar-refractivity contribution in [1.29, 1.82) is 5.26 Å². The summed E-state index contributed by atoms with van der Waals surface area (Å²) in [5, 5.41) is 13.3. The highest BCUT2D eigenvalue weighted by Crippen LogP contribution is 2.22. The molecule has 1 fully saturated rings. The number of rotatable bonds is 3. The zero-order valence-electron chi connectivity index (χ0n) is 12.0. The lowest BCUT2D eigenvalue weighted by molar-refractivity contribution is -0.00263. The van der Waals surface area contributed by atoms with Gasteiger partial charge in [-0.1, -0.05) is 18.2 Å². The predicted octanol–water partition coefficient (Wildman–Crippen LogP) is 2.00. The molecule has 2 heterocycles. The molecule has 0 radical (unpaired) electrons. The average molecular weight is 282 g/mol. The molecule has 21 heavy (non-hydrogen) atoms. The summed E-state index contributed by atoms with van der Waals surface area (Å²) < 4.78 is 5.39. The minimum atomic E-state index is -0.329. The Labute approximate surface area is 124 Å². The van der Waals surface area contributed by atoms with Crippen molar-refractivity contribution in [1.82, 2.24) is 9.88 Å². The van der Waals surface area contributed by atoms with Gasteiger partial charge in [-0.2, -0.15) is 5.26 Å². The van der Waals surface area contributed by atoms with Crippen LogP contribution in [0.25, 0.3) is 10.9 Å². The van der Waals surface area contributed by atoms with E-state index in [9.17, 15) is 0 Å². The number of hydrogen-bond acceptors (Lipinski definition) is 5. The van der Waals surface area contributed by atoms with Gasteiger partial charge in [0.2, 0.25) is 0 Å². The van der Waals surface area contributed by atoms with E-state index in [-0.39, 0.29) is 6.10 Å². The molecule has 1 aliphatic heterocycles. The number of nitrogens with zero attached hydrogens (tertiary/aromatic N) is 3. The number of para-hydroxylation sites is 1. The third-order valence-electron chi connectivity index (χ3n) is 3.73. The van der Waals surface area contributed by atoms with Crippen LogP contribution in [-0.4, -0.2) is 42.7 Å². The quantitative estimate of drug-likeness (QED) is 0.933. The van der Waals surface area contributed by atoms with Gasteiger partial charge in [-0.05, 0) is 12.1 Å². The fourth-order valence-corrected chi connectivity index (χ4v) is 2.66. The second kappa shape index (κ2) is 6.08. The first-order chi connectivity index (χ1) is 10.3. The SMILES string of the molecule is CNc1nc2ccccc2cc1CN1CCOC(C#N)C1. The normalized spacial score (nSPS) is 19.3. The van der Waals surface area contributed by atoms with E-state index in [1.54, 1.807) is 0 Å². The Balaban J connectivity index is 1.87. The van der Waals surface area contributed by atoms with Crippen molar-refractivity contribution in [2.75, 3.05) is 32.1 Å². The molecular formula is C16H18N4O. The summed E-state index contributed by atoms with van der Waals surface area (Å²) >= 11 is 0. The van der Waals surface area contributed by atoms with Crippen molar-refractivity contribution in [3.63, 3.8) is 0 Å². The molecule has 1 saturated heterocycles. The largest absolute Gasteiger partial charge is 0.373 e. The van der Waals surface area contributed by atoms with E-state index in [1.165, 1.54) is 0 Å². The Morgan fingerprint density at radius 1 is 1.48 bits per heavy atom. The lowest BCUT2D eigenvalue weighted by atomic mass is 10.1. The van der Waals surface area contributed by atoms with Gasteiger partial charge in [-0.25, -0.2) is 4.98 Å². The number of aromatic nitrogens is 1. The predicted molar refractivity (Wildman–Crippen MR) is 81.9 cm³/mol. The standard InChI is InChI=1S/C16H18N4O/c1-18-16-13(8-12-4-2-3-5-15(12)19-16)10-20-6-7-21-14(9-17)11-20/h2-5,8,14H,6-7,10-11H2,1H3,(H,18,19). The third kappa shape index (κ3) is 2.97. The molecule has 0 amide bonds. The maximum absolute atomic E-state index is 8.99. The van der Waals surface area contributed by atoms with Crippen LogP contribution in [0.4, 0.5) is 5.82 Å². The van der Waals surface area contributed by atoms with E-state index >= 15 is 0 Å². The lowest BCUT2D eigenvalue weighted by Crippen LogP contribution is -2.41. The molecule has 1 atom stereocenters. The maximum Gasteiger partial charge on any atom is 0.156 e. The number of pyridine rings is 1. The van der Waals surface area contributed by atoms with Crippen molar-refractivity contribution < 1.29 is 4.74 Å². The van der Waals surface area contributed by atoms with Gasteiger partial charge in [0.25, 0.3) is 0 Å². The van der Waals surface area contributed by atoms with E-state index in [4.69, 9.17) is 10.00 Å². The molecule has 2 aromatic rings. The van der Waals surface area contributed by atoms with Gasteiger partial charge < -0.3 is 10.1 Å². The van der Waals surface area contributed by atoms with E-state index in [2.05, 4.69) is 33.4 Å². The Bertz CT molecular complexity index is 680. The second-order valence-electron chi connectivity index (χ2n) is 5.16.